The zero-order valence-electron chi connectivity index (χ0n) is 11.6. The second kappa shape index (κ2) is 6.68. The van der Waals surface area contributed by atoms with Crippen LogP contribution in [0.15, 0.2) is 29.6 Å². The van der Waals surface area contributed by atoms with Crippen molar-refractivity contribution in [1.82, 2.24) is 10.3 Å². The maximum atomic E-state index is 5.68. The largest absolute Gasteiger partial charge is 0.491 e. The van der Waals surface area contributed by atoms with Crippen molar-refractivity contribution in [3.05, 3.63) is 45.9 Å². The van der Waals surface area contributed by atoms with Crippen LogP contribution in [0.3, 0.4) is 0 Å². The van der Waals surface area contributed by atoms with Gasteiger partial charge in [-0.05, 0) is 38.5 Å². The summed E-state index contributed by atoms with van der Waals surface area (Å²) in [7, 11) is 0. The zero-order valence-corrected chi connectivity index (χ0v) is 12.5. The molecule has 0 aliphatic heterocycles. The van der Waals surface area contributed by atoms with Crippen LogP contribution >= 0.6 is 11.3 Å². The van der Waals surface area contributed by atoms with Gasteiger partial charge in [0.1, 0.15) is 5.75 Å². The highest BCUT2D eigenvalue weighted by molar-refractivity contribution is 7.09. The number of nitrogens with zero attached hydrogens (tertiary/aromatic N) is 1. The van der Waals surface area contributed by atoms with E-state index >= 15 is 0 Å². The number of benzene rings is 1. The Morgan fingerprint density at radius 3 is 2.84 bits per heavy atom. The topological polar surface area (TPSA) is 34.2 Å². The molecule has 19 heavy (non-hydrogen) atoms. The van der Waals surface area contributed by atoms with Crippen molar-refractivity contribution in [3.63, 3.8) is 0 Å². The monoisotopic (exact) mass is 276 g/mol. The van der Waals surface area contributed by atoms with Crippen molar-refractivity contribution in [2.24, 2.45) is 0 Å². The van der Waals surface area contributed by atoms with Gasteiger partial charge >= 0.3 is 0 Å². The van der Waals surface area contributed by atoms with E-state index in [4.69, 9.17) is 4.74 Å². The molecule has 0 amide bonds. The Hall–Kier alpha value is -1.39. The number of hydrogen-bond acceptors (Lipinski definition) is 4. The quantitative estimate of drug-likeness (QED) is 0.876. The van der Waals surface area contributed by atoms with Crippen LogP contribution in [-0.4, -0.2) is 11.1 Å². The minimum Gasteiger partial charge on any atom is -0.491 e. The van der Waals surface area contributed by atoms with E-state index in [1.165, 1.54) is 5.56 Å². The minimum atomic E-state index is 0.209. The molecule has 3 nitrogen and oxygen atoms in total. The van der Waals surface area contributed by atoms with E-state index in [-0.39, 0.29) is 6.10 Å². The van der Waals surface area contributed by atoms with Gasteiger partial charge in [-0.15, -0.1) is 11.3 Å². The second-order valence-electron chi connectivity index (χ2n) is 4.78. The Bertz CT molecular complexity index is 522. The van der Waals surface area contributed by atoms with Crippen molar-refractivity contribution >= 4 is 11.3 Å². The van der Waals surface area contributed by atoms with Gasteiger partial charge in [0.05, 0.1) is 16.8 Å². The molecule has 0 atom stereocenters. The molecule has 0 spiro atoms. The van der Waals surface area contributed by atoms with Crippen molar-refractivity contribution < 1.29 is 4.74 Å². The fourth-order valence-corrected chi connectivity index (χ4v) is 2.44. The Morgan fingerprint density at radius 1 is 1.32 bits per heavy atom. The number of ether oxygens (including phenoxy) is 1. The van der Waals surface area contributed by atoms with E-state index in [9.17, 15) is 0 Å². The predicted octanol–water partition coefficient (Wildman–Crippen LogP) is 3.53. The molecule has 1 N–H and O–H groups in total. The smallest absolute Gasteiger partial charge is 0.120 e. The summed E-state index contributed by atoms with van der Waals surface area (Å²) in [5, 5.41) is 6.61. The molecule has 1 aromatic heterocycles. The maximum absolute atomic E-state index is 5.68. The van der Waals surface area contributed by atoms with E-state index in [2.05, 4.69) is 27.8 Å². The fourth-order valence-electron chi connectivity index (χ4n) is 1.83. The van der Waals surface area contributed by atoms with Gasteiger partial charge in [0.15, 0.2) is 0 Å². The van der Waals surface area contributed by atoms with Crippen LogP contribution in [0.4, 0.5) is 0 Å². The van der Waals surface area contributed by atoms with E-state index < -0.39 is 0 Å². The highest BCUT2D eigenvalue weighted by atomic mass is 32.1. The Labute approximate surface area is 118 Å². The third-order valence-corrected chi connectivity index (χ3v) is 3.39. The average Bonchev–Trinajstić information content (AvgIpc) is 2.75. The number of hydrogen-bond donors (Lipinski definition) is 1. The van der Waals surface area contributed by atoms with Crippen LogP contribution in [0.5, 0.6) is 5.75 Å². The lowest BCUT2D eigenvalue weighted by Crippen LogP contribution is -2.13. The van der Waals surface area contributed by atoms with Gasteiger partial charge in [-0.1, -0.05) is 12.1 Å². The Balaban J connectivity index is 1.85. The molecule has 1 aromatic carbocycles. The number of aromatic nitrogens is 1. The summed E-state index contributed by atoms with van der Waals surface area (Å²) in [6.45, 7) is 7.73. The van der Waals surface area contributed by atoms with Gasteiger partial charge in [-0.3, -0.25) is 0 Å². The van der Waals surface area contributed by atoms with E-state index in [1.807, 2.05) is 32.9 Å². The third kappa shape index (κ3) is 4.65. The molecule has 102 valence electrons. The lowest BCUT2D eigenvalue weighted by molar-refractivity contribution is 0.242. The predicted molar refractivity (Wildman–Crippen MR) is 79.6 cm³/mol. The van der Waals surface area contributed by atoms with E-state index in [0.29, 0.717) is 0 Å². The molecule has 0 aliphatic carbocycles. The molecule has 1 heterocycles. The van der Waals surface area contributed by atoms with Crippen LogP contribution < -0.4 is 10.1 Å². The summed E-state index contributed by atoms with van der Waals surface area (Å²) in [5.74, 6) is 0.929. The molecule has 0 fully saturated rings. The van der Waals surface area contributed by atoms with Crippen molar-refractivity contribution in [1.29, 1.82) is 0 Å². The van der Waals surface area contributed by atoms with Gasteiger partial charge in [0.25, 0.3) is 0 Å². The number of nitrogens with one attached hydrogen (secondary N) is 1. The molecular formula is C15H20N2OS. The molecule has 0 unspecified atom stereocenters. The van der Waals surface area contributed by atoms with Gasteiger partial charge in [0.2, 0.25) is 0 Å². The average molecular weight is 276 g/mol. The van der Waals surface area contributed by atoms with Crippen molar-refractivity contribution in [3.8, 4) is 5.75 Å². The summed E-state index contributed by atoms with van der Waals surface area (Å²) in [6, 6.07) is 8.21. The van der Waals surface area contributed by atoms with E-state index in [1.54, 1.807) is 11.3 Å². The van der Waals surface area contributed by atoms with Gasteiger partial charge in [-0.2, -0.15) is 0 Å². The van der Waals surface area contributed by atoms with Crippen molar-refractivity contribution in [2.45, 2.75) is 40.0 Å². The molecule has 2 rings (SSSR count). The first-order valence-corrected chi connectivity index (χ1v) is 7.39. The van der Waals surface area contributed by atoms with Crippen LogP contribution in [0.25, 0.3) is 0 Å². The molecule has 0 saturated carbocycles. The highest BCUT2D eigenvalue weighted by Gasteiger charge is 2.01. The van der Waals surface area contributed by atoms with Gasteiger partial charge in [0, 0.05) is 18.5 Å². The highest BCUT2D eigenvalue weighted by Crippen LogP contribution is 2.15. The van der Waals surface area contributed by atoms with Crippen molar-refractivity contribution in [2.75, 3.05) is 0 Å². The summed E-state index contributed by atoms with van der Waals surface area (Å²) in [4.78, 5) is 4.43. The molecule has 2 aromatic rings. The number of aryl methyl sites for hydroxylation is 1. The third-order valence-electron chi connectivity index (χ3n) is 2.57. The fraction of sp³-hybridized carbons (Fsp3) is 0.400. The number of rotatable bonds is 6. The first-order valence-electron chi connectivity index (χ1n) is 6.51. The van der Waals surface area contributed by atoms with Gasteiger partial charge in [-0.25, -0.2) is 4.98 Å². The van der Waals surface area contributed by atoms with Gasteiger partial charge < -0.3 is 10.1 Å². The first-order chi connectivity index (χ1) is 9.13. The zero-order chi connectivity index (χ0) is 13.7. The summed E-state index contributed by atoms with van der Waals surface area (Å²) in [5.41, 5.74) is 2.34. The van der Waals surface area contributed by atoms with Crippen LogP contribution in [0.1, 0.15) is 30.1 Å². The standard InChI is InChI=1S/C15H20N2OS/c1-11(2)18-15-6-4-5-13(7-15)8-16-9-14-10-19-12(3)17-14/h4-7,10-11,16H,8-9H2,1-3H3. The number of thiazole rings is 1. The molecular weight excluding hydrogens is 256 g/mol. The summed E-state index contributed by atoms with van der Waals surface area (Å²) < 4.78 is 5.68. The lowest BCUT2D eigenvalue weighted by atomic mass is 10.2. The minimum absolute atomic E-state index is 0.209. The van der Waals surface area contributed by atoms with Crippen LogP contribution in [-0.2, 0) is 13.1 Å². The van der Waals surface area contributed by atoms with Crippen LogP contribution in [0, 0.1) is 6.92 Å². The normalized spacial score (nSPS) is 10.9. The van der Waals surface area contributed by atoms with E-state index in [0.717, 1.165) is 29.5 Å². The lowest BCUT2D eigenvalue weighted by Gasteiger charge is -2.11. The molecule has 4 heteroatoms. The van der Waals surface area contributed by atoms with Crippen LogP contribution in [0.2, 0.25) is 0 Å². The summed E-state index contributed by atoms with van der Waals surface area (Å²) >= 11 is 1.69. The molecule has 0 radical (unpaired) electrons. The molecule has 0 saturated heterocycles. The Kier molecular flexibility index (Phi) is 4.93. The first kappa shape index (κ1) is 14.0. The second-order valence-corrected chi connectivity index (χ2v) is 5.84. The molecule has 0 bridgehead atoms. The summed E-state index contributed by atoms with van der Waals surface area (Å²) in [6.07, 6.45) is 0.209. The molecule has 0 aliphatic rings. The SMILES string of the molecule is Cc1nc(CNCc2cccc(OC(C)C)c2)cs1. The Morgan fingerprint density at radius 2 is 2.16 bits per heavy atom. The maximum Gasteiger partial charge on any atom is 0.120 e.